The van der Waals surface area contributed by atoms with Gasteiger partial charge in [0.25, 0.3) is 0 Å². The number of hydrogen-bond donors (Lipinski definition) is 0. The molecule has 0 unspecified atom stereocenters. The third-order valence-electron chi connectivity index (χ3n) is 4.60. The number of likely N-dealkylation sites (tertiary alicyclic amines) is 1. The molecule has 1 fully saturated rings. The fourth-order valence-corrected chi connectivity index (χ4v) is 3.60. The summed E-state index contributed by atoms with van der Waals surface area (Å²) in [5, 5.41) is 0. The van der Waals surface area contributed by atoms with Crippen LogP contribution in [-0.4, -0.2) is 28.7 Å². The molecule has 0 radical (unpaired) electrons. The van der Waals surface area contributed by atoms with Crippen molar-refractivity contribution in [2.24, 2.45) is 5.92 Å². The van der Waals surface area contributed by atoms with Crippen LogP contribution >= 0.6 is 0 Å². The van der Waals surface area contributed by atoms with Crippen molar-refractivity contribution in [3.05, 3.63) is 35.6 Å². The molecule has 1 aromatic carbocycles. The normalized spacial score (nSPS) is 24.8. The van der Waals surface area contributed by atoms with Gasteiger partial charge in [-0.3, -0.25) is 0 Å². The smallest absolute Gasteiger partial charge is 0.410 e. The molecule has 24 heavy (non-hydrogen) atoms. The monoisotopic (exact) mass is 335 g/mol. The van der Waals surface area contributed by atoms with Crippen LogP contribution in [-0.2, 0) is 11.2 Å². The summed E-state index contributed by atoms with van der Waals surface area (Å²) in [5.74, 6) is 0.338. The van der Waals surface area contributed by atoms with Gasteiger partial charge in [-0.2, -0.15) is 0 Å². The van der Waals surface area contributed by atoms with Gasteiger partial charge in [0.05, 0.1) is 0 Å². The van der Waals surface area contributed by atoms with Crippen LogP contribution in [0, 0.1) is 11.7 Å². The van der Waals surface area contributed by atoms with Gasteiger partial charge in [-0.15, -0.1) is 0 Å². The minimum atomic E-state index is -0.501. The summed E-state index contributed by atoms with van der Waals surface area (Å²) >= 11 is 0. The standard InChI is InChI=1S/C20H30FNO2/c1-6-17-11-14(2)12-18(13-15-7-9-16(21)10-8-15)22(17)19(23)24-20(3,4)5/h7-10,14,17-18H,6,11-13H2,1-5H3/t14-,17+,18+/m0/s1. The highest BCUT2D eigenvalue weighted by Gasteiger charge is 2.38. The maximum Gasteiger partial charge on any atom is 0.410 e. The lowest BCUT2D eigenvalue weighted by Crippen LogP contribution is -2.53. The van der Waals surface area contributed by atoms with E-state index in [0.29, 0.717) is 5.92 Å². The SMILES string of the molecule is CC[C@@H]1C[C@H](C)C[C@H](Cc2ccc(F)cc2)N1C(=O)OC(C)(C)C. The molecule has 1 saturated heterocycles. The predicted molar refractivity (Wildman–Crippen MR) is 94.4 cm³/mol. The van der Waals surface area contributed by atoms with Gasteiger partial charge in [-0.25, -0.2) is 9.18 Å². The fraction of sp³-hybridized carbons (Fsp3) is 0.650. The lowest BCUT2D eigenvalue weighted by molar-refractivity contribution is -0.0127. The molecular weight excluding hydrogens is 305 g/mol. The summed E-state index contributed by atoms with van der Waals surface area (Å²) in [4.78, 5) is 14.7. The molecule has 1 aromatic rings. The number of rotatable bonds is 3. The summed E-state index contributed by atoms with van der Waals surface area (Å²) in [6.45, 7) is 10.1. The van der Waals surface area contributed by atoms with E-state index in [0.717, 1.165) is 31.2 Å². The number of ether oxygens (including phenoxy) is 1. The quantitative estimate of drug-likeness (QED) is 0.761. The van der Waals surface area contributed by atoms with Crippen LogP contribution in [0.2, 0.25) is 0 Å². The first-order valence-corrected chi connectivity index (χ1v) is 8.95. The number of hydrogen-bond acceptors (Lipinski definition) is 2. The molecule has 0 saturated carbocycles. The van der Waals surface area contributed by atoms with Crippen molar-refractivity contribution < 1.29 is 13.9 Å². The number of benzene rings is 1. The first-order valence-electron chi connectivity index (χ1n) is 8.95. The molecule has 2 rings (SSSR count). The first kappa shape index (κ1) is 18.8. The molecular formula is C20H30FNO2. The first-order chi connectivity index (χ1) is 11.2. The van der Waals surface area contributed by atoms with E-state index < -0.39 is 5.60 Å². The van der Waals surface area contributed by atoms with E-state index >= 15 is 0 Å². The van der Waals surface area contributed by atoms with Crippen molar-refractivity contribution >= 4 is 6.09 Å². The van der Waals surface area contributed by atoms with Crippen LogP contribution in [0.3, 0.4) is 0 Å². The maximum atomic E-state index is 13.2. The third-order valence-corrected chi connectivity index (χ3v) is 4.60. The number of piperidine rings is 1. The van der Waals surface area contributed by atoms with Gasteiger partial charge in [0.15, 0.2) is 0 Å². The van der Waals surface area contributed by atoms with Gasteiger partial charge in [0.1, 0.15) is 11.4 Å². The summed E-state index contributed by atoms with van der Waals surface area (Å²) < 4.78 is 18.8. The Kier molecular flexibility index (Phi) is 5.89. The van der Waals surface area contributed by atoms with Crippen molar-refractivity contribution in [1.82, 2.24) is 4.90 Å². The van der Waals surface area contributed by atoms with Gasteiger partial charge in [0.2, 0.25) is 0 Å². The minimum absolute atomic E-state index is 0.0963. The van der Waals surface area contributed by atoms with Crippen molar-refractivity contribution in [1.29, 1.82) is 0 Å². The largest absolute Gasteiger partial charge is 0.444 e. The van der Waals surface area contributed by atoms with Crippen molar-refractivity contribution in [2.75, 3.05) is 0 Å². The van der Waals surface area contributed by atoms with Crippen LogP contribution < -0.4 is 0 Å². The molecule has 3 atom stereocenters. The molecule has 1 aliphatic rings. The lowest BCUT2D eigenvalue weighted by atomic mass is 9.84. The highest BCUT2D eigenvalue weighted by Crippen LogP contribution is 2.32. The van der Waals surface area contributed by atoms with E-state index in [9.17, 15) is 9.18 Å². The number of nitrogens with zero attached hydrogens (tertiary/aromatic N) is 1. The Morgan fingerprint density at radius 1 is 1.21 bits per heavy atom. The number of amides is 1. The maximum absolute atomic E-state index is 13.2. The minimum Gasteiger partial charge on any atom is -0.444 e. The fourth-order valence-electron chi connectivity index (χ4n) is 3.60. The molecule has 134 valence electrons. The second-order valence-corrected chi connectivity index (χ2v) is 8.01. The second-order valence-electron chi connectivity index (χ2n) is 8.01. The van der Waals surface area contributed by atoms with Crippen LogP contribution in [0.15, 0.2) is 24.3 Å². The Bertz CT molecular complexity index is 550. The Labute approximate surface area is 145 Å². The van der Waals surface area contributed by atoms with E-state index in [-0.39, 0.29) is 24.0 Å². The average Bonchev–Trinajstić information content (AvgIpc) is 2.47. The highest BCUT2D eigenvalue weighted by molar-refractivity contribution is 5.69. The molecule has 1 amide bonds. The molecule has 1 heterocycles. The predicted octanol–water partition coefficient (Wildman–Crippen LogP) is 5.18. The van der Waals surface area contributed by atoms with Gasteiger partial charge >= 0.3 is 6.09 Å². The van der Waals surface area contributed by atoms with Crippen molar-refractivity contribution in [2.45, 2.75) is 78.0 Å². The summed E-state index contributed by atoms with van der Waals surface area (Å²) in [6.07, 6.45) is 3.39. The lowest BCUT2D eigenvalue weighted by Gasteiger charge is -2.44. The Hall–Kier alpha value is -1.58. The molecule has 0 bridgehead atoms. The van der Waals surface area contributed by atoms with Crippen molar-refractivity contribution in [3.8, 4) is 0 Å². The molecule has 0 aromatic heterocycles. The number of carbonyl (C=O) groups is 1. The van der Waals surface area contributed by atoms with Crippen LogP contribution in [0.1, 0.15) is 59.4 Å². The third kappa shape index (κ3) is 4.96. The van der Waals surface area contributed by atoms with E-state index in [4.69, 9.17) is 4.74 Å². The van der Waals surface area contributed by atoms with E-state index in [2.05, 4.69) is 13.8 Å². The molecule has 1 aliphatic heterocycles. The zero-order valence-corrected chi connectivity index (χ0v) is 15.5. The second kappa shape index (κ2) is 7.54. The summed E-state index contributed by atoms with van der Waals surface area (Å²) in [6, 6.07) is 6.88. The average molecular weight is 335 g/mol. The van der Waals surface area contributed by atoms with Gasteiger partial charge in [-0.05, 0) is 70.1 Å². The molecule has 0 aliphatic carbocycles. The molecule has 0 N–H and O–H groups in total. The van der Waals surface area contributed by atoms with E-state index in [1.165, 1.54) is 12.1 Å². The Morgan fingerprint density at radius 3 is 2.33 bits per heavy atom. The van der Waals surface area contributed by atoms with Crippen molar-refractivity contribution in [3.63, 3.8) is 0 Å². The zero-order valence-electron chi connectivity index (χ0n) is 15.5. The van der Waals surface area contributed by atoms with E-state index in [1.807, 2.05) is 37.8 Å². The Morgan fingerprint density at radius 2 is 1.79 bits per heavy atom. The number of carbonyl (C=O) groups excluding carboxylic acids is 1. The number of halogens is 1. The van der Waals surface area contributed by atoms with Crippen LogP contribution in [0.5, 0.6) is 0 Å². The molecule has 0 spiro atoms. The van der Waals surface area contributed by atoms with Gasteiger partial charge in [0, 0.05) is 12.1 Å². The molecule has 4 heteroatoms. The van der Waals surface area contributed by atoms with Gasteiger partial charge in [-0.1, -0.05) is 26.0 Å². The summed E-state index contributed by atoms with van der Waals surface area (Å²) in [5.41, 5.74) is 0.553. The topological polar surface area (TPSA) is 29.5 Å². The Balaban J connectivity index is 2.22. The van der Waals surface area contributed by atoms with Gasteiger partial charge < -0.3 is 9.64 Å². The summed E-state index contributed by atoms with van der Waals surface area (Å²) in [7, 11) is 0. The van der Waals surface area contributed by atoms with Crippen LogP contribution in [0.25, 0.3) is 0 Å². The highest BCUT2D eigenvalue weighted by atomic mass is 19.1. The zero-order chi connectivity index (χ0) is 17.9. The molecule has 3 nitrogen and oxygen atoms in total. The van der Waals surface area contributed by atoms with Crippen LogP contribution in [0.4, 0.5) is 9.18 Å². The van der Waals surface area contributed by atoms with E-state index in [1.54, 1.807) is 0 Å².